The largest absolute Gasteiger partial charge is 0.392 e. The van der Waals surface area contributed by atoms with Gasteiger partial charge in [0, 0.05) is 24.2 Å². The highest BCUT2D eigenvalue weighted by atomic mass is 16.3. The summed E-state index contributed by atoms with van der Waals surface area (Å²) in [6.07, 6.45) is 2.32. The third kappa shape index (κ3) is 2.82. The van der Waals surface area contributed by atoms with Gasteiger partial charge >= 0.3 is 0 Å². The van der Waals surface area contributed by atoms with Crippen LogP contribution in [0.2, 0.25) is 0 Å². The lowest BCUT2D eigenvalue weighted by Crippen LogP contribution is -2.53. The maximum Gasteiger partial charge on any atom is 0.134 e. The summed E-state index contributed by atoms with van der Waals surface area (Å²) in [5.41, 5.74) is -0.981. The van der Waals surface area contributed by atoms with E-state index in [0.29, 0.717) is 12.8 Å². The fourth-order valence-corrected chi connectivity index (χ4v) is 2.53. The molecule has 1 aliphatic rings. The van der Waals surface area contributed by atoms with Crippen LogP contribution in [0.15, 0.2) is 11.6 Å². The van der Waals surface area contributed by atoms with Gasteiger partial charge in [-0.05, 0) is 18.6 Å². The molecule has 0 amide bonds. The first-order valence-corrected chi connectivity index (χ1v) is 6.28. The molecular weight excluding hydrogens is 228 g/mol. The minimum absolute atomic E-state index is 0.0592. The van der Waals surface area contributed by atoms with Crippen molar-refractivity contribution < 1.29 is 15.0 Å². The minimum atomic E-state index is -1.16. The van der Waals surface area contributed by atoms with Crippen LogP contribution in [0.25, 0.3) is 0 Å². The molecule has 3 nitrogen and oxygen atoms in total. The van der Waals surface area contributed by atoms with Crippen LogP contribution in [0.5, 0.6) is 0 Å². The van der Waals surface area contributed by atoms with Gasteiger partial charge in [0.25, 0.3) is 0 Å². The second-order valence-corrected chi connectivity index (χ2v) is 5.79. The number of rotatable bonds is 1. The van der Waals surface area contributed by atoms with E-state index in [1.807, 2.05) is 20.8 Å². The molecule has 1 fully saturated rings. The summed E-state index contributed by atoms with van der Waals surface area (Å²) in [4.78, 5) is 11.6. The Morgan fingerprint density at radius 3 is 2.67 bits per heavy atom. The summed E-state index contributed by atoms with van der Waals surface area (Å²) >= 11 is 0. The van der Waals surface area contributed by atoms with Crippen LogP contribution in [0.1, 0.15) is 40.5 Å². The summed E-state index contributed by atoms with van der Waals surface area (Å²) in [7, 11) is 0. The summed E-state index contributed by atoms with van der Waals surface area (Å²) in [6.45, 7) is 7.34. The van der Waals surface area contributed by atoms with Crippen molar-refractivity contribution in [2.75, 3.05) is 6.61 Å². The van der Waals surface area contributed by atoms with Crippen LogP contribution in [-0.4, -0.2) is 28.2 Å². The Balaban J connectivity index is 3.09. The monoisotopic (exact) mass is 250 g/mol. The molecule has 1 rings (SSSR count). The average Bonchev–Trinajstić information content (AvgIpc) is 2.23. The van der Waals surface area contributed by atoms with Crippen molar-refractivity contribution in [3.8, 4) is 11.8 Å². The molecule has 1 aliphatic carbocycles. The van der Waals surface area contributed by atoms with Gasteiger partial charge in [0.15, 0.2) is 0 Å². The van der Waals surface area contributed by atoms with Gasteiger partial charge in [0.2, 0.25) is 0 Å². The number of Topliss-reactive ketones (excluding diaryl/α,β-unsaturated/α-hetero) is 1. The molecule has 0 aromatic rings. The summed E-state index contributed by atoms with van der Waals surface area (Å²) < 4.78 is 0. The smallest absolute Gasteiger partial charge is 0.134 e. The lowest BCUT2D eigenvalue weighted by Gasteiger charge is -2.46. The van der Waals surface area contributed by atoms with E-state index < -0.39 is 11.0 Å². The lowest BCUT2D eigenvalue weighted by molar-refractivity contribution is -0.140. The molecule has 0 aromatic carbocycles. The van der Waals surface area contributed by atoms with Crippen LogP contribution >= 0.6 is 0 Å². The van der Waals surface area contributed by atoms with Gasteiger partial charge < -0.3 is 10.2 Å². The fraction of sp³-hybridized carbons (Fsp3) is 0.667. The molecule has 0 unspecified atom stereocenters. The zero-order valence-electron chi connectivity index (χ0n) is 11.6. The van der Waals surface area contributed by atoms with E-state index in [1.54, 1.807) is 13.0 Å². The summed E-state index contributed by atoms with van der Waals surface area (Å²) in [6, 6.07) is 0. The maximum absolute atomic E-state index is 11.6. The SMILES string of the molecule is C/C(C#C[C@@]1(O)[C@@H](C)CC(=O)CC1(C)C)=C\CO. The molecule has 2 N–H and O–H groups in total. The molecule has 0 radical (unpaired) electrons. The van der Waals surface area contributed by atoms with Gasteiger partial charge in [-0.25, -0.2) is 0 Å². The van der Waals surface area contributed by atoms with E-state index in [-0.39, 0.29) is 18.3 Å². The molecule has 0 spiro atoms. The Morgan fingerprint density at radius 2 is 2.17 bits per heavy atom. The quantitative estimate of drug-likeness (QED) is 0.696. The van der Waals surface area contributed by atoms with Crippen LogP contribution in [-0.2, 0) is 4.79 Å². The number of allylic oxidation sites excluding steroid dienone is 1. The number of hydrogen-bond donors (Lipinski definition) is 2. The van der Waals surface area contributed by atoms with Gasteiger partial charge in [-0.15, -0.1) is 0 Å². The van der Waals surface area contributed by atoms with E-state index >= 15 is 0 Å². The second-order valence-electron chi connectivity index (χ2n) is 5.79. The van der Waals surface area contributed by atoms with E-state index in [1.165, 1.54) is 0 Å². The Labute approximate surface area is 109 Å². The Kier molecular flexibility index (Phi) is 4.37. The number of ketones is 1. The number of carbonyl (C=O) groups is 1. The number of aliphatic hydroxyl groups excluding tert-OH is 1. The summed E-state index contributed by atoms with van der Waals surface area (Å²) in [5, 5.41) is 19.6. The number of carbonyl (C=O) groups excluding carboxylic acids is 1. The second kappa shape index (κ2) is 5.26. The van der Waals surface area contributed by atoms with Crippen molar-refractivity contribution in [2.24, 2.45) is 11.3 Å². The predicted octanol–water partition coefficient (Wildman–Crippen LogP) is 1.68. The standard InChI is InChI=1S/C15H22O3/c1-11(6-8-16)5-7-15(18)12(2)9-13(17)10-14(15,3)4/h6,12,16,18H,8-10H2,1-4H3/b11-6+/t12-,15+/m0/s1. The number of aliphatic hydroxyl groups is 2. The highest BCUT2D eigenvalue weighted by molar-refractivity contribution is 5.81. The van der Waals surface area contributed by atoms with Gasteiger partial charge in [0.1, 0.15) is 11.4 Å². The average molecular weight is 250 g/mol. The van der Waals surface area contributed by atoms with Crippen LogP contribution in [0.3, 0.4) is 0 Å². The predicted molar refractivity (Wildman–Crippen MR) is 70.8 cm³/mol. The Bertz CT molecular complexity index is 423. The van der Waals surface area contributed by atoms with Crippen molar-refractivity contribution in [1.29, 1.82) is 0 Å². The Hall–Kier alpha value is -1.11. The van der Waals surface area contributed by atoms with Crippen molar-refractivity contribution in [2.45, 2.75) is 46.1 Å². The van der Waals surface area contributed by atoms with Gasteiger partial charge in [0.05, 0.1) is 6.61 Å². The molecule has 18 heavy (non-hydrogen) atoms. The van der Waals surface area contributed by atoms with E-state index in [0.717, 1.165) is 5.57 Å². The molecule has 0 aromatic heterocycles. The molecule has 1 saturated carbocycles. The fourth-order valence-electron chi connectivity index (χ4n) is 2.53. The highest BCUT2D eigenvalue weighted by Gasteiger charge is 2.51. The van der Waals surface area contributed by atoms with E-state index in [9.17, 15) is 9.90 Å². The molecule has 100 valence electrons. The molecule has 2 atom stereocenters. The summed E-state index contributed by atoms with van der Waals surface area (Å²) in [5.74, 6) is 5.81. The molecule has 0 aliphatic heterocycles. The van der Waals surface area contributed by atoms with Crippen molar-refractivity contribution in [3.63, 3.8) is 0 Å². The first kappa shape index (κ1) is 14.9. The van der Waals surface area contributed by atoms with Gasteiger partial charge in [-0.1, -0.05) is 32.6 Å². The molecule has 0 heterocycles. The topological polar surface area (TPSA) is 57.5 Å². The Morgan fingerprint density at radius 1 is 1.56 bits per heavy atom. The zero-order chi connectivity index (χ0) is 14.0. The molecule has 3 heteroatoms. The maximum atomic E-state index is 11.6. The van der Waals surface area contributed by atoms with E-state index in [2.05, 4.69) is 11.8 Å². The third-order valence-corrected chi connectivity index (χ3v) is 3.77. The normalized spacial score (nSPS) is 31.8. The van der Waals surface area contributed by atoms with Gasteiger partial charge in [-0.2, -0.15) is 0 Å². The zero-order valence-corrected chi connectivity index (χ0v) is 11.6. The van der Waals surface area contributed by atoms with E-state index in [4.69, 9.17) is 5.11 Å². The third-order valence-electron chi connectivity index (χ3n) is 3.77. The van der Waals surface area contributed by atoms with Crippen molar-refractivity contribution in [1.82, 2.24) is 0 Å². The van der Waals surface area contributed by atoms with Gasteiger partial charge in [-0.3, -0.25) is 4.79 Å². The minimum Gasteiger partial charge on any atom is -0.392 e. The van der Waals surface area contributed by atoms with Crippen molar-refractivity contribution in [3.05, 3.63) is 11.6 Å². The number of hydrogen-bond acceptors (Lipinski definition) is 3. The first-order valence-electron chi connectivity index (χ1n) is 6.28. The molecule has 0 saturated heterocycles. The van der Waals surface area contributed by atoms with Crippen LogP contribution in [0.4, 0.5) is 0 Å². The first-order chi connectivity index (χ1) is 8.23. The molecule has 0 bridgehead atoms. The highest BCUT2D eigenvalue weighted by Crippen LogP contribution is 2.45. The van der Waals surface area contributed by atoms with Crippen LogP contribution < -0.4 is 0 Å². The van der Waals surface area contributed by atoms with Crippen LogP contribution in [0, 0.1) is 23.2 Å². The van der Waals surface area contributed by atoms with Crippen molar-refractivity contribution >= 4 is 5.78 Å². The lowest BCUT2D eigenvalue weighted by atomic mass is 9.60. The molecular formula is C15H22O3.